The van der Waals surface area contributed by atoms with Crippen LogP contribution in [0.4, 0.5) is 13.2 Å². The Hall–Kier alpha value is -0.750. The van der Waals surface area contributed by atoms with Gasteiger partial charge in [-0.05, 0) is 25.8 Å². The van der Waals surface area contributed by atoms with E-state index in [0.29, 0.717) is 19.1 Å². The van der Waals surface area contributed by atoms with E-state index in [1.165, 1.54) is 5.01 Å². The van der Waals surface area contributed by atoms with Gasteiger partial charge < -0.3 is 5.01 Å². The number of alkyl halides is 3. The molecule has 0 aromatic carbocycles. The highest BCUT2D eigenvalue weighted by Crippen LogP contribution is 2.28. The van der Waals surface area contributed by atoms with Crippen LogP contribution in [0.2, 0.25) is 0 Å². The zero-order valence-electron chi connectivity index (χ0n) is 10.1. The van der Waals surface area contributed by atoms with Crippen molar-refractivity contribution in [1.82, 2.24) is 15.3 Å². The molecule has 0 amide bonds. The van der Waals surface area contributed by atoms with Crippen LogP contribution in [0.15, 0.2) is 11.3 Å². The van der Waals surface area contributed by atoms with Gasteiger partial charge in [0, 0.05) is 31.4 Å². The van der Waals surface area contributed by atoms with E-state index >= 15 is 0 Å². The molecular formula is C11H18F3N3. The second-order valence-corrected chi connectivity index (χ2v) is 4.90. The molecule has 0 aromatic heterocycles. The lowest BCUT2D eigenvalue weighted by molar-refractivity contribution is -0.146. The van der Waals surface area contributed by atoms with Crippen LogP contribution in [0.25, 0.3) is 0 Å². The van der Waals surface area contributed by atoms with Gasteiger partial charge in [-0.1, -0.05) is 0 Å². The van der Waals surface area contributed by atoms with Gasteiger partial charge >= 0.3 is 6.18 Å². The molecule has 0 aromatic rings. The van der Waals surface area contributed by atoms with E-state index in [1.54, 1.807) is 0 Å². The van der Waals surface area contributed by atoms with Crippen molar-refractivity contribution in [3.05, 3.63) is 11.3 Å². The Kier molecular flexibility index (Phi) is 3.36. The predicted octanol–water partition coefficient (Wildman–Crippen LogP) is 1.74. The lowest BCUT2D eigenvalue weighted by atomic mass is 10.1. The van der Waals surface area contributed by atoms with Gasteiger partial charge in [-0.3, -0.25) is 4.90 Å². The molecule has 0 unspecified atom stereocenters. The van der Waals surface area contributed by atoms with Gasteiger partial charge in [0.2, 0.25) is 0 Å². The fourth-order valence-corrected chi connectivity index (χ4v) is 2.33. The zero-order valence-corrected chi connectivity index (χ0v) is 10.1. The fraction of sp³-hybridized carbons (Fsp3) is 0.818. The maximum absolute atomic E-state index is 12.4. The normalized spacial score (nSPS) is 22.6. The van der Waals surface area contributed by atoms with Crippen molar-refractivity contribution >= 4 is 0 Å². The maximum atomic E-state index is 12.4. The molecule has 0 fully saturated rings. The van der Waals surface area contributed by atoms with Crippen LogP contribution >= 0.6 is 0 Å². The Bertz CT molecular complexity index is 322. The summed E-state index contributed by atoms with van der Waals surface area (Å²) in [6.07, 6.45) is -3.29. The molecule has 1 N–H and O–H groups in total. The number of hydrazine groups is 1. The second kappa shape index (κ2) is 4.49. The van der Waals surface area contributed by atoms with Gasteiger partial charge in [0.05, 0.1) is 0 Å². The van der Waals surface area contributed by atoms with Gasteiger partial charge in [0.25, 0.3) is 0 Å². The Balaban J connectivity index is 2.06. The average Bonchev–Trinajstić information content (AvgIpc) is 2.58. The molecule has 0 spiro atoms. The summed E-state index contributed by atoms with van der Waals surface area (Å²) in [6, 6.07) is 0.373. The lowest BCUT2D eigenvalue weighted by Gasteiger charge is -2.34. The Morgan fingerprint density at radius 1 is 1.35 bits per heavy atom. The first-order valence-electron chi connectivity index (χ1n) is 5.89. The minimum absolute atomic E-state index is 0.373. The first-order valence-corrected chi connectivity index (χ1v) is 5.89. The first kappa shape index (κ1) is 12.7. The van der Waals surface area contributed by atoms with Gasteiger partial charge in [0.15, 0.2) is 0 Å². The van der Waals surface area contributed by atoms with Crippen LogP contribution in [-0.2, 0) is 0 Å². The maximum Gasteiger partial charge on any atom is 0.407 e. The van der Waals surface area contributed by atoms with Crippen LogP contribution < -0.4 is 5.43 Å². The van der Waals surface area contributed by atoms with Crippen molar-refractivity contribution in [2.45, 2.75) is 32.5 Å². The predicted molar refractivity (Wildman–Crippen MR) is 59.1 cm³/mol. The monoisotopic (exact) mass is 249 g/mol. The standard InChI is InChI=1S/C11H18F3N3/c1-8(2)16-4-3-9-5-15-17(10(9)6-16)7-11(12,13)14/h8,15H,3-7H2,1-2H3. The molecule has 17 heavy (non-hydrogen) atoms. The van der Waals surface area contributed by atoms with Crippen molar-refractivity contribution in [3.63, 3.8) is 0 Å². The van der Waals surface area contributed by atoms with Gasteiger partial charge in [0.1, 0.15) is 6.54 Å². The van der Waals surface area contributed by atoms with Crippen LogP contribution in [0.3, 0.4) is 0 Å². The minimum Gasteiger partial charge on any atom is -0.302 e. The number of nitrogens with one attached hydrogen (secondary N) is 1. The van der Waals surface area contributed by atoms with Crippen molar-refractivity contribution in [2.24, 2.45) is 0 Å². The third-order valence-electron chi connectivity index (χ3n) is 3.34. The van der Waals surface area contributed by atoms with E-state index in [9.17, 15) is 13.2 Å². The quantitative estimate of drug-likeness (QED) is 0.804. The molecule has 0 bridgehead atoms. The van der Waals surface area contributed by atoms with Crippen LogP contribution in [-0.4, -0.2) is 48.3 Å². The van der Waals surface area contributed by atoms with E-state index in [1.807, 2.05) is 0 Å². The second-order valence-electron chi connectivity index (χ2n) is 4.90. The molecular weight excluding hydrogens is 231 g/mol. The Morgan fingerprint density at radius 3 is 2.65 bits per heavy atom. The van der Waals surface area contributed by atoms with E-state index < -0.39 is 12.7 Å². The summed E-state index contributed by atoms with van der Waals surface area (Å²) in [7, 11) is 0. The summed E-state index contributed by atoms with van der Waals surface area (Å²) in [4.78, 5) is 2.20. The number of nitrogens with zero attached hydrogens (tertiary/aromatic N) is 2. The topological polar surface area (TPSA) is 18.5 Å². The highest BCUT2D eigenvalue weighted by atomic mass is 19.4. The third kappa shape index (κ3) is 2.93. The fourth-order valence-electron chi connectivity index (χ4n) is 2.33. The highest BCUT2D eigenvalue weighted by Gasteiger charge is 2.36. The molecule has 2 aliphatic heterocycles. The summed E-state index contributed by atoms with van der Waals surface area (Å²) in [5.74, 6) is 0. The molecule has 0 atom stereocenters. The summed E-state index contributed by atoms with van der Waals surface area (Å²) < 4.78 is 37.2. The van der Waals surface area contributed by atoms with Crippen LogP contribution in [0.1, 0.15) is 20.3 Å². The van der Waals surface area contributed by atoms with Crippen LogP contribution in [0.5, 0.6) is 0 Å². The smallest absolute Gasteiger partial charge is 0.302 e. The minimum atomic E-state index is -4.16. The molecule has 0 aliphatic carbocycles. The Labute approximate surface area is 99.2 Å². The molecule has 2 aliphatic rings. The largest absolute Gasteiger partial charge is 0.407 e. The highest BCUT2D eigenvalue weighted by molar-refractivity contribution is 5.23. The van der Waals surface area contributed by atoms with Gasteiger partial charge in [-0.25, -0.2) is 5.43 Å². The molecule has 98 valence electrons. The number of hydrogen-bond donors (Lipinski definition) is 1. The van der Waals surface area contributed by atoms with E-state index in [4.69, 9.17) is 0 Å². The van der Waals surface area contributed by atoms with Crippen molar-refractivity contribution in [3.8, 4) is 0 Å². The third-order valence-corrected chi connectivity index (χ3v) is 3.34. The summed E-state index contributed by atoms with van der Waals surface area (Å²) in [5, 5.41) is 1.27. The lowest BCUT2D eigenvalue weighted by Crippen LogP contribution is -2.44. The first-order chi connectivity index (χ1) is 7.87. The summed E-state index contributed by atoms with van der Waals surface area (Å²) in [5.41, 5.74) is 4.78. The van der Waals surface area contributed by atoms with Crippen molar-refractivity contribution in [1.29, 1.82) is 0 Å². The summed E-state index contributed by atoms with van der Waals surface area (Å²) >= 11 is 0. The van der Waals surface area contributed by atoms with E-state index in [-0.39, 0.29) is 0 Å². The molecule has 3 nitrogen and oxygen atoms in total. The molecule has 0 radical (unpaired) electrons. The van der Waals surface area contributed by atoms with Gasteiger partial charge in [-0.2, -0.15) is 13.2 Å². The van der Waals surface area contributed by atoms with E-state index in [0.717, 1.165) is 24.2 Å². The summed E-state index contributed by atoms with van der Waals surface area (Å²) in [6.45, 7) is 5.37. The molecule has 2 rings (SSSR count). The number of rotatable bonds is 2. The SMILES string of the molecule is CC(C)N1CCC2=C(C1)N(CC(F)(F)F)NC2. The molecule has 6 heteroatoms. The Morgan fingerprint density at radius 2 is 2.06 bits per heavy atom. The van der Waals surface area contributed by atoms with Gasteiger partial charge in [-0.15, -0.1) is 0 Å². The zero-order chi connectivity index (χ0) is 12.6. The van der Waals surface area contributed by atoms with Crippen LogP contribution in [0, 0.1) is 0 Å². The molecule has 2 heterocycles. The van der Waals surface area contributed by atoms with E-state index in [2.05, 4.69) is 24.2 Å². The number of halogens is 3. The molecule has 0 saturated heterocycles. The molecule has 0 saturated carbocycles. The average molecular weight is 249 g/mol. The van der Waals surface area contributed by atoms with Crippen molar-refractivity contribution < 1.29 is 13.2 Å². The van der Waals surface area contributed by atoms with Crippen molar-refractivity contribution in [2.75, 3.05) is 26.2 Å². The number of hydrogen-bond acceptors (Lipinski definition) is 3.